The van der Waals surface area contributed by atoms with E-state index >= 15 is 0 Å². The van der Waals surface area contributed by atoms with Crippen molar-refractivity contribution in [2.45, 2.75) is 11.8 Å². The molecule has 7 heteroatoms. The van der Waals surface area contributed by atoms with E-state index in [-0.39, 0.29) is 18.0 Å². The SMILES string of the molecule is Cc1ccc(Cl)c(OCCNS(=O)(=O)c2cccc(Cl)c2)c1. The van der Waals surface area contributed by atoms with Crippen LogP contribution in [0, 0.1) is 6.92 Å². The maximum Gasteiger partial charge on any atom is 0.240 e. The first kappa shape index (κ1) is 17.1. The predicted molar refractivity (Wildman–Crippen MR) is 88.3 cm³/mol. The summed E-state index contributed by atoms with van der Waals surface area (Å²) in [6, 6.07) is 11.5. The normalized spacial score (nSPS) is 11.4. The fourth-order valence-corrected chi connectivity index (χ4v) is 3.26. The first-order valence-corrected chi connectivity index (χ1v) is 8.76. The molecule has 4 nitrogen and oxygen atoms in total. The largest absolute Gasteiger partial charge is 0.491 e. The number of aryl methyl sites for hydroxylation is 1. The molecule has 0 radical (unpaired) electrons. The molecule has 0 heterocycles. The standard InChI is InChI=1S/C15H15Cl2NO3S/c1-11-5-6-14(17)15(9-11)21-8-7-18-22(19,20)13-4-2-3-12(16)10-13/h2-6,9-10,18H,7-8H2,1H3. The van der Waals surface area contributed by atoms with Crippen LogP contribution in [0.5, 0.6) is 5.75 Å². The Kier molecular flexibility index (Phi) is 5.69. The molecule has 1 N–H and O–H groups in total. The molecule has 2 aromatic rings. The van der Waals surface area contributed by atoms with Crippen molar-refractivity contribution in [3.8, 4) is 5.75 Å². The Morgan fingerprint density at radius 3 is 2.64 bits per heavy atom. The lowest BCUT2D eigenvalue weighted by Crippen LogP contribution is -2.28. The Morgan fingerprint density at radius 1 is 1.14 bits per heavy atom. The number of halogens is 2. The Bertz CT molecular complexity index is 763. The summed E-state index contributed by atoms with van der Waals surface area (Å²) in [5.41, 5.74) is 1.01. The van der Waals surface area contributed by atoms with Crippen LogP contribution in [0.15, 0.2) is 47.4 Å². The second-order valence-corrected chi connectivity index (χ2v) is 7.25. The summed E-state index contributed by atoms with van der Waals surface area (Å²) < 4.78 is 32.1. The van der Waals surface area contributed by atoms with Crippen LogP contribution < -0.4 is 9.46 Å². The van der Waals surface area contributed by atoms with Crippen LogP contribution in [-0.4, -0.2) is 21.6 Å². The minimum absolute atomic E-state index is 0.119. The summed E-state index contributed by atoms with van der Waals surface area (Å²) in [6.07, 6.45) is 0. The Labute approximate surface area is 140 Å². The van der Waals surface area contributed by atoms with Crippen LogP contribution >= 0.6 is 23.2 Å². The maximum atomic E-state index is 12.1. The monoisotopic (exact) mass is 359 g/mol. The lowest BCUT2D eigenvalue weighted by Gasteiger charge is -2.10. The second-order valence-electron chi connectivity index (χ2n) is 4.64. The van der Waals surface area contributed by atoms with Gasteiger partial charge >= 0.3 is 0 Å². The van der Waals surface area contributed by atoms with Gasteiger partial charge < -0.3 is 4.74 Å². The molecule has 2 rings (SSSR count). The third-order valence-corrected chi connectivity index (χ3v) is 4.85. The van der Waals surface area contributed by atoms with Crippen molar-refractivity contribution in [1.29, 1.82) is 0 Å². The van der Waals surface area contributed by atoms with Gasteiger partial charge in [0.05, 0.1) is 9.92 Å². The molecule has 0 spiro atoms. The minimum atomic E-state index is -3.60. The highest BCUT2D eigenvalue weighted by molar-refractivity contribution is 7.89. The molecule has 0 aliphatic carbocycles. The van der Waals surface area contributed by atoms with Crippen LogP contribution in [0.2, 0.25) is 10.0 Å². The number of sulfonamides is 1. The molecule has 0 saturated heterocycles. The van der Waals surface area contributed by atoms with Crippen LogP contribution in [0.3, 0.4) is 0 Å². The lowest BCUT2D eigenvalue weighted by molar-refractivity contribution is 0.323. The fourth-order valence-electron chi connectivity index (χ4n) is 1.78. The quantitative estimate of drug-likeness (QED) is 0.800. The van der Waals surface area contributed by atoms with Crippen LogP contribution in [-0.2, 0) is 10.0 Å². The number of hydrogen-bond acceptors (Lipinski definition) is 3. The van der Waals surface area contributed by atoms with E-state index in [0.717, 1.165) is 5.56 Å². The highest BCUT2D eigenvalue weighted by atomic mass is 35.5. The van der Waals surface area contributed by atoms with Crippen molar-refractivity contribution in [2.24, 2.45) is 0 Å². The second kappa shape index (κ2) is 7.33. The first-order chi connectivity index (χ1) is 10.4. The van der Waals surface area contributed by atoms with Crippen LogP contribution in [0.4, 0.5) is 0 Å². The molecule has 0 aliphatic heterocycles. The molecule has 0 fully saturated rings. The molecule has 0 bridgehead atoms. The Hall–Kier alpha value is -1.27. The van der Waals surface area contributed by atoms with Crippen molar-refractivity contribution in [1.82, 2.24) is 4.72 Å². The average molecular weight is 360 g/mol. The van der Waals surface area contributed by atoms with E-state index in [1.165, 1.54) is 12.1 Å². The Balaban J connectivity index is 1.92. The van der Waals surface area contributed by atoms with E-state index in [1.807, 2.05) is 13.0 Å². The maximum absolute atomic E-state index is 12.1. The number of rotatable bonds is 6. The van der Waals surface area contributed by atoms with Crippen LogP contribution in [0.25, 0.3) is 0 Å². The van der Waals surface area contributed by atoms with Crippen LogP contribution in [0.1, 0.15) is 5.56 Å². The number of ether oxygens (including phenoxy) is 1. The lowest BCUT2D eigenvalue weighted by atomic mass is 10.2. The molecule has 0 unspecified atom stereocenters. The zero-order valence-corrected chi connectivity index (χ0v) is 14.2. The summed E-state index contributed by atoms with van der Waals surface area (Å²) in [5.74, 6) is 0.531. The van der Waals surface area contributed by atoms with Crippen molar-refractivity contribution in [2.75, 3.05) is 13.2 Å². The van der Waals surface area contributed by atoms with E-state index in [0.29, 0.717) is 15.8 Å². The van der Waals surface area contributed by atoms with Gasteiger partial charge in [0.15, 0.2) is 0 Å². The minimum Gasteiger partial charge on any atom is -0.491 e. The van der Waals surface area contributed by atoms with E-state index < -0.39 is 10.0 Å². The van der Waals surface area contributed by atoms with Gasteiger partial charge in [0.2, 0.25) is 10.0 Å². The van der Waals surface area contributed by atoms with E-state index in [9.17, 15) is 8.42 Å². The molecule has 22 heavy (non-hydrogen) atoms. The van der Waals surface area contributed by atoms with Gasteiger partial charge in [-0.1, -0.05) is 35.3 Å². The van der Waals surface area contributed by atoms with Crippen molar-refractivity contribution >= 4 is 33.2 Å². The molecular formula is C15H15Cl2NO3S. The molecule has 0 amide bonds. The number of hydrogen-bond donors (Lipinski definition) is 1. The zero-order chi connectivity index (χ0) is 16.2. The first-order valence-electron chi connectivity index (χ1n) is 6.53. The van der Waals surface area contributed by atoms with Gasteiger partial charge in [0.25, 0.3) is 0 Å². The van der Waals surface area contributed by atoms with Crippen molar-refractivity contribution in [3.63, 3.8) is 0 Å². The highest BCUT2D eigenvalue weighted by Crippen LogP contribution is 2.25. The van der Waals surface area contributed by atoms with E-state index in [2.05, 4.69) is 4.72 Å². The third kappa shape index (κ3) is 4.61. The topological polar surface area (TPSA) is 55.4 Å². The van der Waals surface area contributed by atoms with Gasteiger partial charge in [-0.15, -0.1) is 0 Å². The third-order valence-electron chi connectivity index (χ3n) is 2.84. The fraction of sp³-hybridized carbons (Fsp3) is 0.200. The van der Waals surface area contributed by atoms with Gasteiger partial charge in [-0.05, 0) is 42.8 Å². The summed E-state index contributed by atoms with van der Waals surface area (Å²) in [4.78, 5) is 0.119. The van der Waals surface area contributed by atoms with Gasteiger partial charge in [0, 0.05) is 11.6 Å². The molecule has 0 aromatic heterocycles. The molecule has 0 saturated carbocycles. The summed E-state index contributed by atoms with van der Waals surface area (Å²) in [7, 11) is -3.60. The predicted octanol–water partition coefficient (Wildman–Crippen LogP) is 3.66. The van der Waals surface area contributed by atoms with Gasteiger partial charge in [-0.25, -0.2) is 13.1 Å². The average Bonchev–Trinajstić information content (AvgIpc) is 2.47. The van der Waals surface area contributed by atoms with Gasteiger partial charge in [-0.3, -0.25) is 0 Å². The summed E-state index contributed by atoms with van der Waals surface area (Å²) in [6.45, 7) is 2.22. The summed E-state index contributed by atoms with van der Waals surface area (Å²) >= 11 is 11.8. The molecule has 0 aliphatic rings. The number of benzene rings is 2. The smallest absolute Gasteiger partial charge is 0.240 e. The van der Waals surface area contributed by atoms with Gasteiger partial charge in [-0.2, -0.15) is 0 Å². The van der Waals surface area contributed by atoms with E-state index in [4.69, 9.17) is 27.9 Å². The Morgan fingerprint density at radius 2 is 1.91 bits per heavy atom. The van der Waals surface area contributed by atoms with Crippen molar-refractivity contribution < 1.29 is 13.2 Å². The highest BCUT2D eigenvalue weighted by Gasteiger charge is 2.13. The molecule has 118 valence electrons. The van der Waals surface area contributed by atoms with E-state index in [1.54, 1.807) is 24.3 Å². The molecule has 2 aromatic carbocycles. The van der Waals surface area contributed by atoms with Crippen molar-refractivity contribution in [3.05, 3.63) is 58.1 Å². The molecular weight excluding hydrogens is 345 g/mol. The molecule has 0 atom stereocenters. The zero-order valence-electron chi connectivity index (χ0n) is 11.8. The summed E-state index contributed by atoms with van der Waals surface area (Å²) in [5, 5.41) is 0.856. The number of nitrogens with one attached hydrogen (secondary N) is 1. The van der Waals surface area contributed by atoms with Gasteiger partial charge in [0.1, 0.15) is 12.4 Å².